The molecule has 1 saturated heterocycles. The van der Waals surface area contributed by atoms with Crippen LogP contribution in [0.4, 0.5) is 18.9 Å². The Morgan fingerprint density at radius 2 is 1.92 bits per heavy atom. The minimum Gasteiger partial charge on any atom is -0.474 e. The number of amides is 1. The van der Waals surface area contributed by atoms with E-state index in [4.69, 9.17) is 30.5 Å². The SMILES string of the molecule is CCCN(CC1OCCO1)C(=O)C(C)Oc1cc(Oc2ccc(C(F)(F)F)cc2Cl)ccc1[N+](=O)[O-]. The highest BCUT2D eigenvalue weighted by Crippen LogP contribution is 2.38. The molecular weight excluding hydrogens is 509 g/mol. The molecule has 0 spiro atoms. The molecule has 0 saturated carbocycles. The van der Waals surface area contributed by atoms with Gasteiger partial charge in [0.05, 0.1) is 35.3 Å². The maximum Gasteiger partial charge on any atom is 0.416 e. The number of benzene rings is 2. The van der Waals surface area contributed by atoms with Gasteiger partial charge >= 0.3 is 11.9 Å². The molecule has 0 N–H and O–H groups in total. The second-order valence-corrected chi connectivity index (χ2v) is 8.25. The van der Waals surface area contributed by atoms with Crippen molar-refractivity contribution in [1.29, 1.82) is 0 Å². The molecule has 0 aliphatic carbocycles. The Kier molecular flexibility index (Phi) is 8.98. The van der Waals surface area contributed by atoms with Gasteiger partial charge in [-0.25, -0.2) is 0 Å². The molecule has 1 amide bonds. The van der Waals surface area contributed by atoms with Gasteiger partial charge in [0.1, 0.15) is 11.5 Å². The van der Waals surface area contributed by atoms with E-state index in [1.54, 1.807) is 0 Å². The van der Waals surface area contributed by atoms with E-state index in [2.05, 4.69) is 0 Å². The molecule has 1 aliphatic rings. The zero-order valence-corrected chi connectivity index (χ0v) is 20.2. The van der Waals surface area contributed by atoms with Crippen LogP contribution in [0.25, 0.3) is 0 Å². The Morgan fingerprint density at radius 1 is 1.22 bits per heavy atom. The van der Waals surface area contributed by atoms with E-state index in [0.29, 0.717) is 32.2 Å². The van der Waals surface area contributed by atoms with Crippen molar-refractivity contribution in [2.24, 2.45) is 0 Å². The highest BCUT2D eigenvalue weighted by atomic mass is 35.5. The number of carbonyl (C=O) groups excluding carboxylic acids is 1. The third-order valence-electron chi connectivity index (χ3n) is 5.13. The Labute approximate surface area is 209 Å². The van der Waals surface area contributed by atoms with Crippen molar-refractivity contribution in [2.75, 3.05) is 26.3 Å². The standard InChI is InChI=1S/C23H24ClF3N2O7/c1-3-8-28(13-21-33-9-10-34-21)22(30)14(2)35-20-12-16(5-6-18(20)29(31)32)36-19-7-4-15(11-17(19)24)23(25,26)27/h4-7,11-12,14,21H,3,8-10,13H2,1-2H3. The number of carbonyl (C=O) groups is 1. The van der Waals surface area contributed by atoms with Gasteiger partial charge in [0, 0.05) is 18.7 Å². The van der Waals surface area contributed by atoms with Gasteiger partial charge in [0.25, 0.3) is 5.91 Å². The summed E-state index contributed by atoms with van der Waals surface area (Å²) in [5.74, 6) is -0.775. The average molecular weight is 533 g/mol. The van der Waals surface area contributed by atoms with Crippen LogP contribution in [0.2, 0.25) is 5.02 Å². The number of rotatable bonds is 10. The van der Waals surface area contributed by atoms with Crippen LogP contribution in [0.5, 0.6) is 17.2 Å². The van der Waals surface area contributed by atoms with Crippen LogP contribution in [0.3, 0.4) is 0 Å². The Morgan fingerprint density at radius 3 is 2.50 bits per heavy atom. The van der Waals surface area contributed by atoms with Crippen LogP contribution in [0.15, 0.2) is 36.4 Å². The van der Waals surface area contributed by atoms with Crippen molar-refractivity contribution in [3.8, 4) is 17.2 Å². The van der Waals surface area contributed by atoms with Crippen molar-refractivity contribution >= 4 is 23.2 Å². The lowest BCUT2D eigenvalue weighted by Crippen LogP contribution is -2.44. The molecule has 2 aromatic carbocycles. The summed E-state index contributed by atoms with van der Waals surface area (Å²) in [6.45, 7) is 4.76. The van der Waals surface area contributed by atoms with Gasteiger partial charge in [0.2, 0.25) is 5.75 Å². The van der Waals surface area contributed by atoms with Crippen LogP contribution in [-0.4, -0.2) is 54.4 Å². The molecule has 0 aromatic heterocycles. The van der Waals surface area contributed by atoms with Crippen LogP contribution in [-0.2, 0) is 20.4 Å². The molecule has 1 fully saturated rings. The number of ether oxygens (including phenoxy) is 4. The predicted octanol–water partition coefficient (Wildman–Crippen LogP) is 5.44. The Hall–Kier alpha value is -3.09. The fourth-order valence-corrected chi connectivity index (χ4v) is 3.66. The monoisotopic (exact) mass is 532 g/mol. The molecule has 2 aromatic rings. The Balaban J connectivity index is 1.79. The number of nitro benzene ring substituents is 1. The van der Waals surface area contributed by atoms with Crippen molar-refractivity contribution in [1.82, 2.24) is 4.90 Å². The van der Waals surface area contributed by atoms with E-state index in [-0.39, 0.29) is 28.8 Å². The minimum absolute atomic E-state index is 0.00933. The van der Waals surface area contributed by atoms with Gasteiger partial charge in [-0.15, -0.1) is 0 Å². The zero-order valence-electron chi connectivity index (χ0n) is 19.4. The largest absolute Gasteiger partial charge is 0.474 e. The maximum absolute atomic E-state index is 13.0. The summed E-state index contributed by atoms with van der Waals surface area (Å²) in [5, 5.41) is 11.2. The molecule has 1 heterocycles. The lowest BCUT2D eigenvalue weighted by Gasteiger charge is -2.27. The van der Waals surface area contributed by atoms with Crippen molar-refractivity contribution < 1.29 is 41.8 Å². The third-order valence-corrected chi connectivity index (χ3v) is 5.43. The van der Waals surface area contributed by atoms with Gasteiger partial charge in [-0.3, -0.25) is 14.9 Å². The van der Waals surface area contributed by atoms with E-state index in [1.165, 1.54) is 24.0 Å². The third kappa shape index (κ3) is 6.99. The summed E-state index contributed by atoms with van der Waals surface area (Å²) in [5.41, 5.74) is -1.38. The average Bonchev–Trinajstić information content (AvgIpc) is 3.32. The van der Waals surface area contributed by atoms with E-state index < -0.39 is 40.7 Å². The summed E-state index contributed by atoms with van der Waals surface area (Å²) < 4.78 is 60.6. The minimum atomic E-state index is -4.58. The first-order valence-electron chi connectivity index (χ1n) is 11.0. The molecule has 0 radical (unpaired) electrons. The number of nitro groups is 1. The van der Waals surface area contributed by atoms with E-state index in [9.17, 15) is 28.1 Å². The van der Waals surface area contributed by atoms with E-state index >= 15 is 0 Å². The smallest absolute Gasteiger partial charge is 0.416 e. The van der Waals surface area contributed by atoms with E-state index in [1.807, 2.05) is 6.92 Å². The molecule has 9 nitrogen and oxygen atoms in total. The first kappa shape index (κ1) is 27.5. The number of halogens is 4. The van der Waals surface area contributed by atoms with Crippen molar-refractivity contribution in [3.63, 3.8) is 0 Å². The van der Waals surface area contributed by atoms with Gasteiger partial charge in [-0.2, -0.15) is 13.2 Å². The second-order valence-electron chi connectivity index (χ2n) is 7.85. The van der Waals surface area contributed by atoms with Crippen LogP contribution < -0.4 is 9.47 Å². The van der Waals surface area contributed by atoms with Crippen LogP contribution in [0, 0.1) is 10.1 Å². The van der Waals surface area contributed by atoms with E-state index in [0.717, 1.165) is 18.2 Å². The molecule has 1 atom stereocenters. The zero-order chi connectivity index (χ0) is 26.5. The fourth-order valence-electron chi connectivity index (χ4n) is 3.44. The number of hydrogen-bond acceptors (Lipinski definition) is 7. The molecule has 196 valence electrons. The predicted molar refractivity (Wildman–Crippen MR) is 122 cm³/mol. The molecule has 3 rings (SSSR count). The van der Waals surface area contributed by atoms with Gasteiger partial charge in [0.15, 0.2) is 12.4 Å². The lowest BCUT2D eigenvalue weighted by atomic mass is 10.2. The van der Waals surface area contributed by atoms with Gasteiger partial charge in [-0.05, 0) is 37.6 Å². The maximum atomic E-state index is 13.0. The molecule has 36 heavy (non-hydrogen) atoms. The molecule has 1 unspecified atom stereocenters. The highest BCUT2D eigenvalue weighted by Gasteiger charge is 2.31. The summed E-state index contributed by atoms with van der Waals surface area (Å²) >= 11 is 5.93. The molecule has 13 heteroatoms. The summed E-state index contributed by atoms with van der Waals surface area (Å²) in [4.78, 5) is 25.3. The lowest BCUT2D eigenvalue weighted by molar-refractivity contribution is -0.386. The molecule has 1 aliphatic heterocycles. The summed E-state index contributed by atoms with van der Waals surface area (Å²) in [7, 11) is 0. The Bertz CT molecular complexity index is 1090. The first-order chi connectivity index (χ1) is 17.0. The molecular formula is C23H24ClF3N2O7. The quantitative estimate of drug-likeness (QED) is 0.297. The number of hydrogen-bond donors (Lipinski definition) is 0. The highest BCUT2D eigenvalue weighted by molar-refractivity contribution is 6.32. The molecule has 0 bridgehead atoms. The number of nitrogens with zero attached hydrogens (tertiary/aromatic N) is 2. The van der Waals surface area contributed by atoms with Crippen LogP contribution >= 0.6 is 11.6 Å². The second kappa shape index (κ2) is 11.8. The first-order valence-corrected chi connectivity index (χ1v) is 11.4. The van der Waals surface area contributed by atoms with Gasteiger partial charge < -0.3 is 23.8 Å². The fraction of sp³-hybridized carbons (Fsp3) is 0.435. The van der Waals surface area contributed by atoms with Gasteiger partial charge in [-0.1, -0.05) is 18.5 Å². The van der Waals surface area contributed by atoms with Crippen molar-refractivity contribution in [3.05, 3.63) is 57.1 Å². The van der Waals surface area contributed by atoms with Crippen molar-refractivity contribution in [2.45, 2.75) is 38.8 Å². The normalized spacial score (nSPS) is 14.9. The summed E-state index contributed by atoms with van der Waals surface area (Å²) in [6, 6.07) is 6.05. The van der Waals surface area contributed by atoms with Crippen LogP contribution in [0.1, 0.15) is 25.8 Å². The topological polar surface area (TPSA) is 100 Å². The number of alkyl halides is 3. The summed E-state index contributed by atoms with van der Waals surface area (Å²) in [6.07, 6.45) is -5.60.